The van der Waals surface area contributed by atoms with E-state index in [1.165, 1.54) is 49.0 Å². The summed E-state index contributed by atoms with van der Waals surface area (Å²) in [5, 5.41) is 10.8. The SMILES string of the molecule is Cc1sc2c(c1C)C(c1ccc(Cl)cc1)=N[C@@H](CC(=O)CC1C[C@H]3CCC[C@@H](C1)C3)c1nnc(C)n1-2. The Morgan fingerprint density at radius 2 is 1.75 bits per heavy atom. The molecular formula is C29H33ClN4OS. The lowest BCUT2D eigenvalue weighted by molar-refractivity contribution is -0.121. The van der Waals surface area contributed by atoms with Crippen LogP contribution in [0.4, 0.5) is 0 Å². The molecule has 2 fully saturated rings. The molecule has 2 aliphatic carbocycles. The highest BCUT2D eigenvalue weighted by molar-refractivity contribution is 7.15. The molecule has 188 valence electrons. The van der Waals surface area contributed by atoms with Crippen LogP contribution in [0.15, 0.2) is 29.3 Å². The van der Waals surface area contributed by atoms with Crippen molar-refractivity contribution < 1.29 is 4.79 Å². The Hall–Kier alpha value is -2.31. The smallest absolute Gasteiger partial charge is 0.163 e. The molecule has 0 spiro atoms. The van der Waals surface area contributed by atoms with Crippen LogP contribution in [0.2, 0.25) is 5.02 Å². The van der Waals surface area contributed by atoms with Crippen molar-refractivity contribution in [1.29, 1.82) is 0 Å². The number of ketones is 1. The van der Waals surface area contributed by atoms with Crippen LogP contribution in [0.5, 0.6) is 0 Å². The number of aliphatic imine (C=N–C) groups is 1. The van der Waals surface area contributed by atoms with Crippen molar-refractivity contribution in [2.45, 2.75) is 78.2 Å². The maximum atomic E-state index is 13.5. The van der Waals surface area contributed by atoms with Crippen LogP contribution in [0.3, 0.4) is 0 Å². The number of thiophene rings is 1. The Labute approximate surface area is 222 Å². The third-order valence-electron chi connectivity index (χ3n) is 8.52. The van der Waals surface area contributed by atoms with Crippen LogP contribution in [-0.4, -0.2) is 26.3 Å². The molecule has 5 nitrogen and oxygen atoms in total. The summed E-state index contributed by atoms with van der Waals surface area (Å²) in [5.74, 6) is 4.09. The Kier molecular flexibility index (Phi) is 6.37. The molecule has 3 heterocycles. The predicted octanol–water partition coefficient (Wildman–Crippen LogP) is 7.37. The van der Waals surface area contributed by atoms with E-state index in [-0.39, 0.29) is 6.04 Å². The molecule has 0 amide bonds. The van der Waals surface area contributed by atoms with Crippen LogP contribution in [0.25, 0.3) is 5.00 Å². The monoisotopic (exact) mass is 520 g/mol. The third kappa shape index (κ3) is 4.37. The molecule has 3 aromatic rings. The average Bonchev–Trinajstić information content (AvgIpc) is 3.31. The zero-order chi connectivity index (χ0) is 25.0. The van der Waals surface area contributed by atoms with E-state index in [4.69, 9.17) is 16.6 Å². The Bertz CT molecular complexity index is 1330. The van der Waals surface area contributed by atoms with E-state index in [2.05, 4.69) is 28.6 Å². The molecule has 3 aliphatic rings. The minimum absolute atomic E-state index is 0.300. The van der Waals surface area contributed by atoms with Crippen molar-refractivity contribution in [2.75, 3.05) is 0 Å². The number of carbonyl (C=O) groups excluding carboxylic acids is 1. The van der Waals surface area contributed by atoms with Gasteiger partial charge < -0.3 is 0 Å². The zero-order valence-corrected chi connectivity index (χ0v) is 22.8. The van der Waals surface area contributed by atoms with E-state index >= 15 is 0 Å². The summed E-state index contributed by atoms with van der Waals surface area (Å²) in [6.07, 6.45) is 8.93. The lowest BCUT2D eigenvalue weighted by Crippen LogP contribution is -2.28. The van der Waals surface area contributed by atoms with Gasteiger partial charge in [0.25, 0.3) is 0 Å². The van der Waals surface area contributed by atoms with E-state index in [0.29, 0.717) is 29.6 Å². The number of rotatable bonds is 5. The number of aryl methyl sites for hydroxylation is 2. The molecule has 4 atom stereocenters. The maximum absolute atomic E-state index is 13.5. The van der Waals surface area contributed by atoms with Crippen LogP contribution in [0, 0.1) is 38.5 Å². The van der Waals surface area contributed by atoms with E-state index in [1.54, 1.807) is 11.3 Å². The van der Waals surface area contributed by atoms with Gasteiger partial charge in [0.1, 0.15) is 22.7 Å². The number of benzene rings is 1. The van der Waals surface area contributed by atoms with Gasteiger partial charge in [-0.25, -0.2) is 0 Å². The molecule has 7 heteroatoms. The molecular weight excluding hydrogens is 488 g/mol. The number of Topliss-reactive ketones (excluding diaryl/α,β-unsaturated/α-hetero) is 1. The number of aromatic nitrogens is 3. The molecule has 1 aromatic carbocycles. The highest BCUT2D eigenvalue weighted by atomic mass is 35.5. The number of fused-ring (bicyclic) bond motifs is 5. The second-order valence-corrected chi connectivity index (χ2v) is 12.7. The number of carbonyl (C=O) groups is 1. The van der Waals surface area contributed by atoms with Gasteiger partial charge in [-0.1, -0.05) is 43.0 Å². The normalized spacial score (nSPS) is 25.1. The summed E-state index contributed by atoms with van der Waals surface area (Å²) in [6.45, 7) is 6.28. The summed E-state index contributed by atoms with van der Waals surface area (Å²) in [5.41, 5.74) is 4.25. The first-order valence-corrected chi connectivity index (χ1v) is 14.4. The van der Waals surface area contributed by atoms with Crippen molar-refractivity contribution in [1.82, 2.24) is 14.8 Å². The first kappa shape index (κ1) is 24.1. The fraction of sp³-hybridized carbons (Fsp3) is 0.517. The van der Waals surface area contributed by atoms with E-state index in [0.717, 1.165) is 45.3 Å². The second-order valence-electron chi connectivity index (χ2n) is 11.1. The Morgan fingerprint density at radius 1 is 1.03 bits per heavy atom. The summed E-state index contributed by atoms with van der Waals surface area (Å²) in [4.78, 5) is 20.0. The van der Waals surface area contributed by atoms with Gasteiger partial charge in [-0.05, 0) is 75.5 Å². The number of hydrogen-bond donors (Lipinski definition) is 0. The fourth-order valence-corrected chi connectivity index (χ4v) is 8.13. The predicted molar refractivity (Wildman–Crippen MR) is 146 cm³/mol. The minimum atomic E-state index is -0.355. The highest BCUT2D eigenvalue weighted by Gasteiger charge is 2.35. The van der Waals surface area contributed by atoms with Crippen molar-refractivity contribution in [3.8, 4) is 5.00 Å². The summed E-state index contributed by atoms with van der Waals surface area (Å²) < 4.78 is 2.13. The Balaban J connectivity index is 1.36. The van der Waals surface area contributed by atoms with Gasteiger partial charge in [0.15, 0.2) is 5.82 Å². The van der Waals surface area contributed by atoms with Gasteiger partial charge >= 0.3 is 0 Å². The molecule has 6 rings (SSSR count). The molecule has 0 N–H and O–H groups in total. The zero-order valence-electron chi connectivity index (χ0n) is 21.3. The Morgan fingerprint density at radius 3 is 2.47 bits per heavy atom. The first-order chi connectivity index (χ1) is 17.4. The first-order valence-electron chi connectivity index (χ1n) is 13.3. The van der Waals surface area contributed by atoms with E-state index in [9.17, 15) is 4.79 Å². The van der Waals surface area contributed by atoms with E-state index < -0.39 is 0 Å². The topological polar surface area (TPSA) is 60.1 Å². The summed E-state index contributed by atoms with van der Waals surface area (Å²) in [7, 11) is 0. The van der Waals surface area contributed by atoms with Crippen LogP contribution in [0.1, 0.15) is 90.6 Å². The van der Waals surface area contributed by atoms with E-state index in [1.807, 2.05) is 31.2 Å². The maximum Gasteiger partial charge on any atom is 0.163 e. The number of nitrogens with zero attached hydrogens (tertiary/aromatic N) is 4. The van der Waals surface area contributed by atoms with Gasteiger partial charge in [0, 0.05) is 33.9 Å². The summed E-state index contributed by atoms with van der Waals surface area (Å²) >= 11 is 7.96. The van der Waals surface area contributed by atoms with Crippen LogP contribution < -0.4 is 0 Å². The molecule has 1 unspecified atom stereocenters. The van der Waals surface area contributed by atoms with Gasteiger partial charge in [0.2, 0.25) is 0 Å². The van der Waals surface area contributed by atoms with Gasteiger partial charge in [0.05, 0.1) is 5.71 Å². The van der Waals surface area contributed by atoms with Gasteiger partial charge in [-0.15, -0.1) is 21.5 Å². The van der Waals surface area contributed by atoms with Crippen molar-refractivity contribution in [3.63, 3.8) is 0 Å². The third-order valence-corrected chi connectivity index (χ3v) is 9.96. The second kappa shape index (κ2) is 9.53. The molecule has 2 saturated carbocycles. The molecule has 1 aliphatic heterocycles. The minimum Gasteiger partial charge on any atom is -0.300 e. The molecule has 2 aromatic heterocycles. The molecule has 0 saturated heterocycles. The number of hydrogen-bond acceptors (Lipinski definition) is 5. The van der Waals surface area contributed by atoms with Crippen LogP contribution >= 0.6 is 22.9 Å². The molecule has 0 radical (unpaired) electrons. The van der Waals surface area contributed by atoms with Crippen molar-refractivity contribution in [2.24, 2.45) is 22.7 Å². The highest BCUT2D eigenvalue weighted by Crippen LogP contribution is 2.44. The van der Waals surface area contributed by atoms with Gasteiger partial charge in [-0.2, -0.15) is 0 Å². The lowest BCUT2D eigenvalue weighted by atomic mass is 9.67. The largest absolute Gasteiger partial charge is 0.300 e. The fourth-order valence-electron chi connectivity index (χ4n) is 6.79. The van der Waals surface area contributed by atoms with Crippen molar-refractivity contribution >= 4 is 34.4 Å². The van der Waals surface area contributed by atoms with Crippen molar-refractivity contribution in [3.05, 3.63) is 62.5 Å². The summed E-state index contributed by atoms with van der Waals surface area (Å²) in [6, 6.07) is 7.51. The van der Waals surface area contributed by atoms with Crippen LogP contribution in [-0.2, 0) is 4.79 Å². The molecule has 2 bridgehead atoms. The standard InChI is InChI=1S/C29H33ClN4OS/c1-16-17(2)36-29-26(16)27(22-7-9-23(30)10-8-22)31-25(28-33-32-18(3)34(28)29)15-24(35)14-21-12-19-5-4-6-20(11-19)13-21/h7-10,19-21,25H,4-6,11-15H2,1-3H3/t19-,20+,21?,25-/m0/s1. The lowest BCUT2D eigenvalue weighted by Gasteiger charge is -2.39. The van der Waals surface area contributed by atoms with Gasteiger partial charge in [-0.3, -0.25) is 14.4 Å². The quantitative estimate of drug-likeness (QED) is 0.353. The number of halogens is 1. The molecule has 36 heavy (non-hydrogen) atoms. The average molecular weight is 521 g/mol.